The van der Waals surface area contributed by atoms with Crippen molar-refractivity contribution in [3.8, 4) is 0 Å². The Morgan fingerprint density at radius 1 is 0.625 bits per heavy atom. The molecule has 0 aromatic heterocycles. The van der Waals surface area contributed by atoms with Crippen molar-refractivity contribution in [1.29, 1.82) is 0 Å². The van der Waals surface area contributed by atoms with Crippen LogP contribution in [0.4, 0.5) is 0 Å². The molecule has 0 saturated heterocycles. The molecule has 40 heavy (non-hydrogen) atoms. The largest absolute Gasteiger partial charge is 0.493 e. The zero-order chi connectivity index (χ0) is 28.3. The Morgan fingerprint density at radius 2 is 1.30 bits per heavy atom. The minimum Gasteiger partial charge on any atom is -0.493 e. The van der Waals surface area contributed by atoms with Crippen molar-refractivity contribution in [1.82, 2.24) is 9.80 Å². The van der Waals surface area contributed by atoms with Crippen LogP contribution in [0.2, 0.25) is 0 Å². The summed E-state index contributed by atoms with van der Waals surface area (Å²) in [6.45, 7) is 14.1. The van der Waals surface area contributed by atoms with Crippen LogP contribution < -0.4 is 0 Å². The fraction of sp³-hybridized carbons (Fsp3) is 0.514. The van der Waals surface area contributed by atoms with E-state index in [0.717, 1.165) is 38.4 Å². The molecule has 0 N–H and O–H groups in total. The van der Waals surface area contributed by atoms with Crippen LogP contribution in [-0.2, 0) is 24.3 Å². The van der Waals surface area contributed by atoms with Gasteiger partial charge in [0.05, 0.1) is 0 Å². The summed E-state index contributed by atoms with van der Waals surface area (Å²) in [6, 6.07) is 19.8. The molecule has 2 aromatic rings. The highest BCUT2D eigenvalue weighted by molar-refractivity contribution is 5.31. The molecule has 0 radical (unpaired) electrons. The van der Waals surface area contributed by atoms with Crippen LogP contribution >= 0.6 is 0 Å². The minimum absolute atomic E-state index is 0.621. The van der Waals surface area contributed by atoms with Crippen molar-refractivity contribution in [3.05, 3.63) is 107 Å². The molecule has 1 aliphatic carbocycles. The van der Waals surface area contributed by atoms with Crippen LogP contribution in [0.25, 0.3) is 0 Å². The maximum Gasteiger partial charge on any atom is 0.113 e. The number of rotatable bonds is 20. The van der Waals surface area contributed by atoms with E-state index in [1.165, 1.54) is 86.7 Å². The predicted molar refractivity (Wildman–Crippen MR) is 172 cm³/mol. The SMILES string of the molecule is CCCCCc1ccc(CN(CCN(CCCC)CCCC)CC2=CC=C(OCc3ccccc3)CC=C2)cc1. The van der Waals surface area contributed by atoms with E-state index in [1.807, 2.05) is 6.07 Å². The molecule has 3 rings (SSSR count). The molecule has 3 heteroatoms. The lowest BCUT2D eigenvalue weighted by molar-refractivity contribution is 0.194. The van der Waals surface area contributed by atoms with E-state index in [1.54, 1.807) is 0 Å². The minimum atomic E-state index is 0.621. The average molecular weight is 543 g/mol. The van der Waals surface area contributed by atoms with Crippen molar-refractivity contribution in [2.75, 3.05) is 32.7 Å². The number of nitrogens with zero attached hydrogens (tertiary/aromatic N) is 2. The molecule has 1 aliphatic rings. The van der Waals surface area contributed by atoms with Gasteiger partial charge in [-0.15, -0.1) is 0 Å². The summed E-state index contributed by atoms with van der Waals surface area (Å²) >= 11 is 0. The smallest absolute Gasteiger partial charge is 0.113 e. The van der Waals surface area contributed by atoms with E-state index in [-0.39, 0.29) is 0 Å². The van der Waals surface area contributed by atoms with Crippen LogP contribution in [0.3, 0.4) is 0 Å². The molecule has 0 heterocycles. The highest BCUT2D eigenvalue weighted by atomic mass is 16.5. The lowest BCUT2D eigenvalue weighted by Gasteiger charge is -2.28. The van der Waals surface area contributed by atoms with Gasteiger partial charge in [-0.2, -0.15) is 0 Å². The first kappa shape index (κ1) is 31.9. The Morgan fingerprint density at radius 3 is 2.00 bits per heavy atom. The van der Waals surface area contributed by atoms with Crippen LogP contribution in [-0.4, -0.2) is 42.5 Å². The van der Waals surface area contributed by atoms with Crippen molar-refractivity contribution in [3.63, 3.8) is 0 Å². The fourth-order valence-corrected chi connectivity index (χ4v) is 5.12. The second kappa shape index (κ2) is 19.5. The van der Waals surface area contributed by atoms with E-state index < -0.39 is 0 Å². The van der Waals surface area contributed by atoms with E-state index in [2.05, 4.69) is 103 Å². The molecule has 0 aliphatic heterocycles. The predicted octanol–water partition coefficient (Wildman–Crippen LogP) is 9.11. The van der Waals surface area contributed by atoms with Gasteiger partial charge in [0.2, 0.25) is 0 Å². The molecule has 2 aromatic carbocycles. The summed E-state index contributed by atoms with van der Waals surface area (Å²) in [6.07, 6.45) is 20.0. The monoisotopic (exact) mass is 542 g/mol. The molecule has 0 bridgehead atoms. The average Bonchev–Trinajstić information content (AvgIpc) is 3.22. The number of benzene rings is 2. The maximum atomic E-state index is 6.14. The number of hydrogen-bond donors (Lipinski definition) is 0. The molecular formula is C37H54N2O. The first-order valence-electron chi connectivity index (χ1n) is 16.0. The topological polar surface area (TPSA) is 15.7 Å². The van der Waals surface area contributed by atoms with Gasteiger partial charge in [0.1, 0.15) is 12.4 Å². The Balaban J connectivity index is 1.65. The van der Waals surface area contributed by atoms with Crippen molar-refractivity contribution < 1.29 is 4.74 Å². The van der Waals surface area contributed by atoms with Crippen molar-refractivity contribution in [2.45, 2.75) is 91.7 Å². The van der Waals surface area contributed by atoms with Gasteiger partial charge < -0.3 is 9.64 Å². The van der Waals surface area contributed by atoms with E-state index in [4.69, 9.17) is 4.74 Å². The molecule has 0 spiro atoms. The number of unbranched alkanes of at least 4 members (excludes halogenated alkanes) is 4. The van der Waals surface area contributed by atoms with Crippen LogP contribution in [0.15, 0.2) is 90.2 Å². The van der Waals surface area contributed by atoms with Gasteiger partial charge in [-0.1, -0.05) is 119 Å². The first-order valence-corrected chi connectivity index (χ1v) is 16.0. The number of hydrogen-bond acceptors (Lipinski definition) is 3. The van der Waals surface area contributed by atoms with Gasteiger partial charge in [-0.25, -0.2) is 0 Å². The first-order chi connectivity index (χ1) is 19.7. The number of ether oxygens (including phenoxy) is 1. The molecule has 3 nitrogen and oxygen atoms in total. The van der Waals surface area contributed by atoms with Gasteiger partial charge in [-0.05, 0) is 67.1 Å². The fourth-order valence-electron chi connectivity index (χ4n) is 5.12. The normalized spacial score (nSPS) is 13.4. The van der Waals surface area contributed by atoms with Crippen LogP contribution in [0.1, 0.15) is 88.8 Å². The van der Waals surface area contributed by atoms with Gasteiger partial charge in [-0.3, -0.25) is 4.90 Å². The molecule has 0 saturated carbocycles. The van der Waals surface area contributed by atoms with Gasteiger partial charge in [0, 0.05) is 32.6 Å². The highest BCUT2D eigenvalue weighted by Crippen LogP contribution is 2.18. The molecule has 0 unspecified atom stereocenters. The van der Waals surface area contributed by atoms with Crippen LogP contribution in [0, 0.1) is 0 Å². The number of allylic oxidation sites excluding steroid dienone is 3. The molecule has 218 valence electrons. The van der Waals surface area contributed by atoms with E-state index in [0.29, 0.717) is 6.61 Å². The molecular weight excluding hydrogens is 488 g/mol. The van der Waals surface area contributed by atoms with Crippen LogP contribution in [0.5, 0.6) is 0 Å². The van der Waals surface area contributed by atoms with Gasteiger partial charge in [0.15, 0.2) is 0 Å². The molecule has 0 fully saturated rings. The third-order valence-corrected chi connectivity index (χ3v) is 7.69. The molecule has 0 amide bonds. The summed E-state index contributed by atoms with van der Waals surface area (Å²) < 4.78 is 6.14. The second-order valence-corrected chi connectivity index (χ2v) is 11.3. The van der Waals surface area contributed by atoms with Gasteiger partial charge in [0.25, 0.3) is 0 Å². The van der Waals surface area contributed by atoms with Crippen molar-refractivity contribution in [2.24, 2.45) is 0 Å². The molecule has 0 atom stereocenters. The maximum absolute atomic E-state index is 6.14. The third-order valence-electron chi connectivity index (χ3n) is 7.69. The Hall–Kier alpha value is -2.62. The highest BCUT2D eigenvalue weighted by Gasteiger charge is 2.12. The number of aryl methyl sites for hydroxylation is 1. The second-order valence-electron chi connectivity index (χ2n) is 11.3. The standard InChI is InChI=1S/C37H54N2O/c1-4-7-11-15-33-20-22-35(23-21-33)31-39(29-28-38(26-8-5-2)27-9-6-3)30-34-18-14-19-37(25-24-34)40-32-36-16-12-10-13-17-36/h10,12-14,16-18,20-25H,4-9,11,15,19,26-32H2,1-3H3. The van der Waals surface area contributed by atoms with E-state index >= 15 is 0 Å². The lowest BCUT2D eigenvalue weighted by atomic mass is 10.0. The Kier molecular flexibility index (Phi) is 15.5. The lowest BCUT2D eigenvalue weighted by Crippen LogP contribution is -2.36. The summed E-state index contributed by atoms with van der Waals surface area (Å²) in [5, 5.41) is 0. The Bertz CT molecular complexity index is 1010. The summed E-state index contributed by atoms with van der Waals surface area (Å²) in [4.78, 5) is 5.32. The third kappa shape index (κ3) is 12.7. The quantitative estimate of drug-likeness (QED) is 0.155. The summed E-state index contributed by atoms with van der Waals surface area (Å²) in [5.41, 5.74) is 5.44. The summed E-state index contributed by atoms with van der Waals surface area (Å²) in [7, 11) is 0. The zero-order valence-electron chi connectivity index (χ0n) is 25.6. The van der Waals surface area contributed by atoms with Crippen molar-refractivity contribution >= 4 is 0 Å². The Labute approximate surface area is 245 Å². The van der Waals surface area contributed by atoms with Gasteiger partial charge >= 0.3 is 0 Å². The zero-order valence-corrected chi connectivity index (χ0v) is 25.6. The van der Waals surface area contributed by atoms with E-state index in [9.17, 15) is 0 Å². The summed E-state index contributed by atoms with van der Waals surface area (Å²) in [5.74, 6) is 1.03.